The number of nitrogens with one attached hydrogen (secondary N) is 1. The highest BCUT2D eigenvalue weighted by Crippen LogP contribution is 2.37. The molecule has 1 N–H and O–H groups in total. The minimum absolute atomic E-state index is 0.104. The molecule has 4 rings (SSSR count). The highest BCUT2D eigenvalue weighted by atomic mass is 16.2. The van der Waals surface area contributed by atoms with Crippen LogP contribution < -0.4 is 5.32 Å². The Morgan fingerprint density at radius 2 is 1.91 bits per heavy atom. The van der Waals surface area contributed by atoms with E-state index in [1.807, 2.05) is 48.9 Å². The molecule has 5 nitrogen and oxygen atoms in total. The number of hydrogen-bond acceptors (Lipinski definition) is 4. The topological polar surface area (TPSA) is 58.1 Å². The van der Waals surface area contributed by atoms with Crippen molar-refractivity contribution in [3.8, 4) is 11.1 Å². The van der Waals surface area contributed by atoms with Gasteiger partial charge in [0.15, 0.2) is 0 Å². The van der Waals surface area contributed by atoms with Crippen molar-refractivity contribution in [2.45, 2.75) is 25.8 Å². The van der Waals surface area contributed by atoms with Gasteiger partial charge in [-0.3, -0.25) is 19.7 Å². The number of amides is 1. The van der Waals surface area contributed by atoms with Crippen molar-refractivity contribution in [2.24, 2.45) is 5.41 Å². The Morgan fingerprint density at radius 3 is 2.69 bits per heavy atom. The Hall–Kier alpha value is -3.31. The number of likely N-dealkylation sites (tertiary alicyclic amines) is 1. The third-order valence-electron chi connectivity index (χ3n) is 6.19. The SMILES string of the molecule is C=CCNC(=O)C1(Cc2ccccc2-c2ccncc2)CCCN(Cc2ccccn2)C1. The van der Waals surface area contributed by atoms with Crippen molar-refractivity contribution < 1.29 is 4.79 Å². The van der Waals surface area contributed by atoms with E-state index in [0.29, 0.717) is 19.5 Å². The van der Waals surface area contributed by atoms with Crippen LogP contribution in [-0.4, -0.2) is 40.4 Å². The zero-order chi connectivity index (χ0) is 22.2. The molecule has 1 atom stereocenters. The molecule has 0 bridgehead atoms. The third-order valence-corrected chi connectivity index (χ3v) is 6.19. The number of aromatic nitrogens is 2. The van der Waals surface area contributed by atoms with Gasteiger partial charge in [-0.1, -0.05) is 36.4 Å². The van der Waals surface area contributed by atoms with Gasteiger partial charge in [0.2, 0.25) is 5.91 Å². The number of rotatable bonds is 8. The number of pyridine rings is 2. The van der Waals surface area contributed by atoms with Gasteiger partial charge < -0.3 is 5.32 Å². The maximum absolute atomic E-state index is 13.5. The summed E-state index contributed by atoms with van der Waals surface area (Å²) in [6, 6.07) is 18.4. The Bertz CT molecular complexity index is 1040. The zero-order valence-corrected chi connectivity index (χ0v) is 18.4. The lowest BCUT2D eigenvalue weighted by molar-refractivity contribution is -0.134. The third kappa shape index (κ3) is 5.11. The van der Waals surface area contributed by atoms with Gasteiger partial charge in [0.05, 0.1) is 11.1 Å². The van der Waals surface area contributed by atoms with Crippen LogP contribution in [0.2, 0.25) is 0 Å². The van der Waals surface area contributed by atoms with Crippen LogP contribution in [0.15, 0.2) is 85.8 Å². The van der Waals surface area contributed by atoms with E-state index in [0.717, 1.165) is 42.8 Å². The fraction of sp³-hybridized carbons (Fsp3) is 0.296. The van der Waals surface area contributed by atoms with Crippen LogP contribution in [0.1, 0.15) is 24.1 Å². The molecule has 3 aromatic rings. The lowest BCUT2D eigenvalue weighted by Gasteiger charge is -2.42. The predicted molar refractivity (Wildman–Crippen MR) is 128 cm³/mol. The smallest absolute Gasteiger partial charge is 0.228 e. The fourth-order valence-electron chi connectivity index (χ4n) is 4.70. The van der Waals surface area contributed by atoms with Crippen molar-refractivity contribution in [1.82, 2.24) is 20.2 Å². The maximum Gasteiger partial charge on any atom is 0.228 e. The Balaban J connectivity index is 1.64. The summed E-state index contributed by atoms with van der Waals surface area (Å²) in [5.74, 6) is 0.104. The Labute approximate surface area is 190 Å². The summed E-state index contributed by atoms with van der Waals surface area (Å²) in [5, 5.41) is 3.10. The van der Waals surface area contributed by atoms with Crippen LogP contribution in [0.5, 0.6) is 0 Å². The van der Waals surface area contributed by atoms with Gasteiger partial charge in [-0.2, -0.15) is 0 Å². The molecular formula is C27H30N4O. The second kappa shape index (κ2) is 10.3. The number of piperidine rings is 1. The van der Waals surface area contributed by atoms with Crippen molar-refractivity contribution in [2.75, 3.05) is 19.6 Å². The number of carbonyl (C=O) groups is 1. The summed E-state index contributed by atoms with van der Waals surface area (Å²) in [5.41, 5.74) is 4.00. The molecule has 1 saturated heterocycles. The molecule has 1 aliphatic heterocycles. The predicted octanol–water partition coefficient (Wildman–Crippen LogP) is 4.27. The van der Waals surface area contributed by atoms with Crippen LogP contribution >= 0.6 is 0 Å². The minimum atomic E-state index is -0.501. The monoisotopic (exact) mass is 426 g/mol. The van der Waals surface area contributed by atoms with E-state index < -0.39 is 5.41 Å². The van der Waals surface area contributed by atoms with E-state index in [1.165, 1.54) is 5.56 Å². The van der Waals surface area contributed by atoms with Crippen LogP contribution in [0, 0.1) is 5.41 Å². The van der Waals surface area contributed by atoms with Gasteiger partial charge >= 0.3 is 0 Å². The van der Waals surface area contributed by atoms with Gasteiger partial charge in [-0.05, 0) is 66.8 Å². The van der Waals surface area contributed by atoms with E-state index >= 15 is 0 Å². The second-order valence-corrected chi connectivity index (χ2v) is 8.48. The number of carbonyl (C=O) groups excluding carboxylic acids is 1. The molecule has 1 aliphatic rings. The molecule has 0 saturated carbocycles. The number of hydrogen-bond donors (Lipinski definition) is 1. The van der Waals surface area contributed by atoms with Crippen LogP contribution in [-0.2, 0) is 17.8 Å². The maximum atomic E-state index is 13.5. The highest BCUT2D eigenvalue weighted by Gasteiger charge is 2.42. The van der Waals surface area contributed by atoms with E-state index in [1.54, 1.807) is 6.08 Å². The molecule has 1 unspecified atom stereocenters. The first-order chi connectivity index (χ1) is 15.7. The van der Waals surface area contributed by atoms with Gasteiger partial charge in [0.1, 0.15) is 0 Å². The van der Waals surface area contributed by atoms with E-state index in [9.17, 15) is 4.79 Å². The number of benzene rings is 1. The minimum Gasteiger partial charge on any atom is -0.352 e. The molecule has 1 amide bonds. The summed E-state index contributed by atoms with van der Waals surface area (Å²) in [4.78, 5) is 24.5. The zero-order valence-electron chi connectivity index (χ0n) is 18.4. The molecule has 2 aromatic heterocycles. The molecule has 5 heteroatoms. The normalized spacial score (nSPS) is 18.8. The molecule has 1 aromatic carbocycles. The Kier molecular flexibility index (Phi) is 7.07. The summed E-state index contributed by atoms with van der Waals surface area (Å²) in [6.45, 7) is 6.68. The molecule has 0 aliphatic carbocycles. The quantitative estimate of drug-likeness (QED) is 0.547. The summed E-state index contributed by atoms with van der Waals surface area (Å²) in [6.07, 6.45) is 9.72. The van der Waals surface area contributed by atoms with Gasteiger partial charge in [0.25, 0.3) is 0 Å². The van der Waals surface area contributed by atoms with Gasteiger partial charge in [-0.25, -0.2) is 0 Å². The molecule has 0 spiro atoms. The molecular weight excluding hydrogens is 396 g/mol. The van der Waals surface area contributed by atoms with E-state index in [4.69, 9.17) is 0 Å². The van der Waals surface area contributed by atoms with Crippen LogP contribution in [0.3, 0.4) is 0 Å². The van der Waals surface area contributed by atoms with Crippen molar-refractivity contribution in [3.05, 3.63) is 97.1 Å². The Morgan fingerprint density at radius 1 is 1.09 bits per heavy atom. The van der Waals surface area contributed by atoms with Gasteiger partial charge in [0, 0.05) is 38.2 Å². The van der Waals surface area contributed by atoms with Crippen molar-refractivity contribution in [1.29, 1.82) is 0 Å². The lowest BCUT2D eigenvalue weighted by atomic mass is 9.73. The molecule has 0 radical (unpaired) electrons. The standard InChI is InChI=1S/C27H30N4O/c1-2-14-30-26(32)27(13-7-18-31(21-27)20-24-9-5-6-15-29-24)19-23-8-3-4-10-25(23)22-11-16-28-17-12-22/h2-6,8-12,15-17H,1,7,13-14,18-21H2,(H,30,32). The van der Waals surface area contributed by atoms with Crippen LogP contribution in [0.25, 0.3) is 11.1 Å². The first-order valence-corrected chi connectivity index (χ1v) is 11.2. The molecule has 164 valence electrons. The fourth-order valence-corrected chi connectivity index (χ4v) is 4.70. The summed E-state index contributed by atoms with van der Waals surface area (Å²) >= 11 is 0. The summed E-state index contributed by atoms with van der Waals surface area (Å²) in [7, 11) is 0. The largest absolute Gasteiger partial charge is 0.352 e. The first-order valence-electron chi connectivity index (χ1n) is 11.2. The van der Waals surface area contributed by atoms with Crippen molar-refractivity contribution in [3.63, 3.8) is 0 Å². The highest BCUT2D eigenvalue weighted by molar-refractivity contribution is 5.84. The van der Waals surface area contributed by atoms with Crippen LogP contribution in [0.4, 0.5) is 0 Å². The molecule has 1 fully saturated rings. The first kappa shape index (κ1) is 21.9. The average molecular weight is 427 g/mol. The molecule has 32 heavy (non-hydrogen) atoms. The second-order valence-electron chi connectivity index (χ2n) is 8.48. The van der Waals surface area contributed by atoms with Crippen molar-refractivity contribution >= 4 is 5.91 Å². The number of nitrogens with zero attached hydrogens (tertiary/aromatic N) is 3. The van der Waals surface area contributed by atoms with E-state index in [-0.39, 0.29) is 5.91 Å². The van der Waals surface area contributed by atoms with Gasteiger partial charge in [-0.15, -0.1) is 6.58 Å². The van der Waals surface area contributed by atoms with E-state index in [2.05, 4.69) is 51.0 Å². The lowest BCUT2D eigenvalue weighted by Crippen LogP contribution is -2.53. The summed E-state index contributed by atoms with van der Waals surface area (Å²) < 4.78 is 0. The molecule has 3 heterocycles. The average Bonchev–Trinajstić information content (AvgIpc) is 2.84.